The summed E-state index contributed by atoms with van der Waals surface area (Å²) in [5.74, 6) is 0.514. The molecule has 2 aromatic rings. The van der Waals surface area contributed by atoms with Crippen LogP contribution in [0.1, 0.15) is 48.9 Å². The first-order valence-electron chi connectivity index (χ1n) is 10.0. The number of benzene rings is 1. The summed E-state index contributed by atoms with van der Waals surface area (Å²) in [7, 11) is 4.06. The molecule has 1 aromatic heterocycles. The number of aromatic nitrogens is 1. The van der Waals surface area contributed by atoms with Crippen LogP contribution in [0.4, 0.5) is 5.69 Å². The zero-order chi connectivity index (χ0) is 20.1. The van der Waals surface area contributed by atoms with E-state index in [0.29, 0.717) is 25.4 Å². The second-order valence-corrected chi connectivity index (χ2v) is 8.87. The monoisotopic (exact) mass is 401 g/mol. The quantitative estimate of drug-likeness (QED) is 0.669. The summed E-state index contributed by atoms with van der Waals surface area (Å²) in [6.07, 6.45) is 2.60. The molecule has 0 aliphatic carbocycles. The van der Waals surface area contributed by atoms with Crippen LogP contribution < -0.4 is 4.90 Å². The highest BCUT2D eigenvalue weighted by Gasteiger charge is 2.23. The van der Waals surface area contributed by atoms with E-state index in [1.807, 2.05) is 24.4 Å². The van der Waals surface area contributed by atoms with Gasteiger partial charge in [-0.05, 0) is 30.5 Å². The molecule has 1 amide bonds. The highest BCUT2D eigenvalue weighted by Crippen LogP contribution is 2.21. The van der Waals surface area contributed by atoms with Gasteiger partial charge in [-0.2, -0.15) is 0 Å². The third-order valence-corrected chi connectivity index (χ3v) is 6.22. The van der Waals surface area contributed by atoms with Gasteiger partial charge >= 0.3 is 0 Å². The molecule has 1 aliphatic heterocycles. The number of carbonyl (C=O) groups excluding carboxylic acids is 1. The Hall–Kier alpha value is -1.92. The summed E-state index contributed by atoms with van der Waals surface area (Å²) < 4.78 is 5.79. The molecule has 1 unspecified atom stereocenters. The highest BCUT2D eigenvalue weighted by atomic mass is 32.1. The van der Waals surface area contributed by atoms with Crippen LogP contribution in [-0.2, 0) is 22.5 Å². The first-order chi connectivity index (χ1) is 13.4. The minimum atomic E-state index is 0.118. The van der Waals surface area contributed by atoms with Crippen molar-refractivity contribution in [2.24, 2.45) is 0 Å². The third kappa shape index (κ3) is 5.55. The van der Waals surface area contributed by atoms with Crippen LogP contribution in [0.25, 0.3) is 0 Å². The van der Waals surface area contributed by atoms with Crippen molar-refractivity contribution in [3.63, 3.8) is 0 Å². The molecule has 1 aromatic carbocycles. The van der Waals surface area contributed by atoms with E-state index in [-0.39, 0.29) is 12.0 Å². The van der Waals surface area contributed by atoms with Gasteiger partial charge in [-0.25, -0.2) is 4.98 Å². The Morgan fingerprint density at radius 3 is 2.61 bits per heavy atom. The highest BCUT2D eigenvalue weighted by molar-refractivity contribution is 7.09. The molecule has 1 fully saturated rings. The average molecular weight is 402 g/mol. The maximum Gasteiger partial charge on any atom is 0.229 e. The first kappa shape index (κ1) is 20.8. The zero-order valence-corrected chi connectivity index (χ0v) is 18.2. The van der Waals surface area contributed by atoms with Crippen molar-refractivity contribution in [1.29, 1.82) is 0 Å². The Kier molecular flexibility index (Phi) is 7.08. The number of anilines is 1. The van der Waals surface area contributed by atoms with Crippen LogP contribution in [0.5, 0.6) is 0 Å². The molecule has 2 heterocycles. The van der Waals surface area contributed by atoms with Gasteiger partial charge in [0, 0.05) is 50.8 Å². The summed E-state index contributed by atoms with van der Waals surface area (Å²) in [4.78, 5) is 21.7. The average Bonchev–Trinajstić information content (AvgIpc) is 3.33. The predicted molar refractivity (Wildman–Crippen MR) is 115 cm³/mol. The van der Waals surface area contributed by atoms with Crippen molar-refractivity contribution in [2.45, 2.75) is 51.7 Å². The van der Waals surface area contributed by atoms with Crippen LogP contribution in [-0.4, -0.2) is 49.1 Å². The number of rotatable bonds is 8. The van der Waals surface area contributed by atoms with Crippen molar-refractivity contribution in [3.05, 3.63) is 45.9 Å². The number of hydrogen-bond donors (Lipinski definition) is 0. The molecular weight excluding hydrogens is 370 g/mol. The van der Waals surface area contributed by atoms with Crippen LogP contribution in [0.2, 0.25) is 0 Å². The SMILES string of the molecule is CC(C)c1nc(CC(=O)N(Cc2ccc(N(C)C)cc2)CC2CCCO2)cs1. The van der Waals surface area contributed by atoms with Gasteiger partial charge in [0.2, 0.25) is 5.91 Å². The molecule has 1 atom stereocenters. The molecule has 1 aliphatic rings. The number of thiazole rings is 1. The van der Waals surface area contributed by atoms with Crippen molar-refractivity contribution < 1.29 is 9.53 Å². The van der Waals surface area contributed by atoms with E-state index < -0.39 is 0 Å². The fourth-order valence-electron chi connectivity index (χ4n) is 3.34. The molecule has 1 saturated heterocycles. The summed E-state index contributed by atoms with van der Waals surface area (Å²) in [6, 6.07) is 8.40. The van der Waals surface area contributed by atoms with Gasteiger partial charge in [-0.3, -0.25) is 4.79 Å². The number of carbonyl (C=O) groups is 1. The van der Waals surface area contributed by atoms with E-state index in [1.165, 1.54) is 0 Å². The molecule has 3 rings (SSSR count). The van der Waals surface area contributed by atoms with Crippen LogP contribution in [0.15, 0.2) is 29.6 Å². The van der Waals surface area contributed by atoms with Crippen LogP contribution in [0.3, 0.4) is 0 Å². The van der Waals surface area contributed by atoms with E-state index >= 15 is 0 Å². The lowest BCUT2D eigenvalue weighted by atomic mass is 10.1. The van der Waals surface area contributed by atoms with Gasteiger partial charge in [0.05, 0.1) is 23.2 Å². The molecule has 0 saturated carbocycles. The maximum absolute atomic E-state index is 13.1. The van der Waals surface area contributed by atoms with Gasteiger partial charge in [0.15, 0.2) is 0 Å². The van der Waals surface area contributed by atoms with Crippen molar-refractivity contribution in [2.75, 3.05) is 32.1 Å². The predicted octanol–water partition coefficient (Wildman–Crippen LogP) is 4.08. The lowest BCUT2D eigenvalue weighted by Gasteiger charge is -2.26. The lowest BCUT2D eigenvalue weighted by molar-refractivity contribution is -0.132. The second kappa shape index (κ2) is 9.52. The van der Waals surface area contributed by atoms with Gasteiger partial charge in [-0.1, -0.05) is 26.0 Å². The Bertz CT molecular complexity index is 764. The van der Waals surface area contributed by atoms with E-state index in [0.717, 1.165) is 41.4 Å². The van der Waals surface area contributed by atoms with E-state index in [2.05, 4.69) is 48.0 Å². The summed E-state index contributed by atoms with van der Waals surface area (Å²) in [6.45, 7) is 6.31. The van der Waals surface area contributed by atoms with E-state index in [9.17, 15) is 4.79 Å². The minimum absolute atomic E-state index is 0.118. The van der Waals surface area contributed by atoms with Crippen LogP contribution in [0, 0.1) is 0 Å². The number of nitrogens with zero attached hydrogens (tertiary/aromatic N) is 3. The first-order valence-corrected chi connectivity index (χ1v) is 10.9. The smallest absolute Gasteiger partial charge is 0.229 e. The van der Waals surface area contributed by atoms with Gasteiger partial charge in [0.25, 0.3) is 0 Å². The molecule has 0 bridgehead atoms. The van der Waals surface area contributed by atoms with E-state index in [4.69, 9.17) is 4.74 Å². The van der Waals surface area contributed by atoms with E-state index in [1.54, 1.807) is 11.3 Å². The molecule has 5 nitrogen and oxygen atoms in total. The Balaban J connectivity index is 1.70. The van der Waals surface area contributed by atoms with Crippen molar-refractivity contribution >= 4 is 22.9 Å². The van der Waals surface area contributed by atoms with Crippen molar-refractivity contribution in [1.82, 2.24) is 9.88 Å². The van der Waals surface area contributed by atoms with Gasteiger partial charge < -0.3 is 14.5 Å². The topological polar surface area (TPSA) is 45.7 Å². The maximum atomic E-state index is 13.1. The number of hydrogen-bond acceptors (Lipinski definition) is 5. The second-order valence-electron chi connectivity index (χ2n) is 7.98. The third-order valence-electron chi connectivity index (χ3n) is 5.02. The molecule has 0 N–H and O–H groups in total. The van der Waals surface area contributed by atoms with Gasteiger partial charge in [0.1, 0.15) is 0 Å². The number of amides is 1. The molecule has 28 heavy (non-hydrogen) atoms. The number of ether oxygens (including phenoxy) is 1. The normalized spacial score (nSPS) is 16.5. The lowest BCUT2D eigenvalue weighted by Crippen LogP contribution is -2.37. The fourth-order valence-corrected chi connectivity index (χ4v) is 4.18. The molecular formula is C22H31N3O2S. The summed E-state index contributed by atoms with van der Waals surface area (Å²) in [5, 5.41) is 3.11. The Morgan fingerprint density at radius 2 is 2.04 bits per heavy atom. The Morgan fingerprint density at radius 1 is 1.29 bits per heavy atom. The van der Waals surface area contributed by atoms with Crippen molar-refractivity contribution in [3.8, 4) is 0 Å². The minimum Gasteiger partial charge on any atom is -0.378 e. The standard InChI is InChI=1S/C22H31N3O2S/c1-16(2)22-23-18(15-28-22)12-21(26)25(14-20-6-5-11-27-20)13-17-7-9-19(10-8-17)24(3)4/h7-10,15-16,20H,5-6,11-14H2,1-4H3. The summed E-state index contributed by atoms with van der Waals surface area (Å²) >= 11 is 1.64. The molecule has 0 spiro atoms. The summed E-state index contributed by atoms with van der Waals surface area (Å²) in [5.41, 5.74) is 3.17. The van der Waals surface area contributed by atoms with Gasteiger partial charge in [-0.15, -0.1) is 11.3 Å². The molecule has 0 radical (unpaired) electrons. The fraction of sp³-hybridized carbons (Fsp3) is 0.545. The molecule has 6 heteroatoms. The largest absolute Gasteiger partial charge is 0.378 e. The Labute approximate surface area is 172 Å². The van der Waals surface area contributed by atoms with Crippen LogP contribution >= 0.6 is 11.3 Å². The molecule has 152 valence electrons. The zero-order valence-electron chi connectivity index (χ0n) is 17.4.